The molecule has 0 bridgehead atoms. The summed E-state index contributed by atoms with van der Waals surface area (Å²) in [6.45, 7) is 7.42. The Balaban J connectivity index is 1.89. The average Bonchev–Trinajstić information content (AvgIpc) is 2.77. The van der Waals surface area contributed by atoms with Gasteiger partial charge in [0, 0.05) is 43.2 Å². The van der Waals surface area contributed by atoms with Gasteiger partial charge in [0.2, 0.25) is 5.91 Å². The summed E-state index contributed by atoms with van der Waals surface area (Å²) in [5.41, 5.74) is 1.54. The number of amides is 1. The maximum atomic E-state index is 14.2. The molecule has 2 atom stereocenters. The number of rotatable bonds is 8. The molecule has 2 aromatic rings. The lowest BCUT2D eigenvalue weighted by molar-refractivity contribution is -0.130. The standard InChI is InChI=1S/C26H34FNO3/c1-19(2)25-17-26(14-16-31-25,22-10-6-8-12-24(22)30-4)13-15-28(20(3)29)18-21-9-5-7-11-23(21)27/h5-12,19,25H,13-18H2,1-4H3/t25-,26-/m0/s1. The van der Waals surface area contributed by atoms with Crippen molar-refractivity contribution in [3.63, 3.8) is 0 Å². The summed E-state index contributed by atoms with van der Waals surface area (Å²) in [4.78, 5) is 14.2. The molecule has 168 valence electrons. The lowest BCUT2D eigenvalue weighted by Gasteiger charge is -2.44. The van der Waals surface area contributed by atoms with Gasteiger partial charge in [-0.2, -0.15) is 0 Å². The van der Waals surface area contributed by atoms with Crippen molar-refractivity contribution in [1.29, 1.82) is 0 Å². The Morgan fingerprint density at radius 1 is 1.23 bits per heavy atom. The first-order chi connectivity index (χ1) is 14.9. The van der Waals surface area contributed by atoms with Gasteiger partial charge in [0.15, 0.2) is 0 Å². The second kappa shape index (κ2) is 10.3. The Morgan fingerprint density at radius 3 is 2.61 bits per heavy atom. The second-order valence-electron chi connectivity index (χ2n) is 8.87. The van der Waals surface area contributed by atoms with Crippen LogP contribution in [0.2, 0.25) is 0 Å². The van der Waals surface area contributed by atoms with Crippen molar-refractivity contribution in [1.82, 2.24) is 4.90 Å². The van der Waals surface area contributed by atoms with E-state index in [9.17, 15) is 9.18 Å². The molecule has 0 aliphatic carbocycles. The first-order valence-electron chi connectivity index (χ1n) is 11.1. The van der Waals surface area contributed by atoms with E-state index in [1.165, 1.54) is 11.6 Å². The summed E-state index contributed by atoms with van der Waals surface area (Å²) in [6, 6.07) is 14.8. The Hall–Kier alpha value is -2.40. The smallest absolute Gasteiger partial charge is 0.219 e. The van der Waals surface area contributed by atoms with Crippen LogP contribution in [-0.2, 0) is 21.5 Å². The van der Waals surface area contributed by atoms with Crippen molar-refractivity contribution in [3.05, 3.63) is 65.5 Å². The Morgan fingerprint density at radius 2 is 1.94 bits per heavy atom. The van der Waals surface area contributed by atoms with E-state index in [1.54, 1.807) is 37.1 Å². The highest BCUT2D eigenvalue weighted by Gasteiger charge is 2.41. The molecule has 1 amide bonds. The van der Waals surface area contributed by atoms with E-state index in [0.717, 1.165) is 25.0 Å². The topological polar surface area (TPSA) is 38.8 Å². The third kappa shape index (κ3) is 5.45. The van der Waals surface area contributed by atoms with Crippen molar-refractivity contribution in [2.24, 2.45) is 5.92 Å². The molecule has 1 aliphatic heterocycles. The molecular formula is C26H34FNO3. The number of methoxy groups -OCH3 is 1. The van der Waals surface area contributed by atoms with E-state index in [4.69, 9.17) is 9.47 Å². The molecule has 0 aromatic heterocycles. The fraction of sp³-hybridized carbons (Fsp3) is 0.500. The normalized spacial score (nSPS) is 21.2. The molecule has 0 unspecified atom stereocenters. The van der Waals surface area contributed by atoms with E-state index >= 15 is 0 Å². The van der Waals surface area contributed by atoms with Gasteiger partial charge in [0.05, 0.1) is 13.2 Å². The number of carbonyl (C=O) groups is 1. The zero-order valence-corrected chi connectivity index (χ0v) is 19.1. The summed E-state index contributed by atoms with van der Waals surface area (Å²) >= 11 is 0. The van der Waals surface area contributed by atoms with Crippen LogP contribution < -0.4 is 4.74 Å². The molecule has 1 fully saturated rings. The SMILES string of the molecule is COc1ccccc1[C@@]1(CCN(Cc2ccccc2F)C(C)=O)CCO[C@H](C(C)C)C1. The van der Waals surface area contributed by atoms with Crippen molar-refractivity contribution < 1.29 is 18.7 Å². The molecule has 2 aromatic carbocycles. The Bertz CT molecular complexity index is 884. The number of carbonyl (C=O) groups excluding carboxylic acids is 1. The number of nitrogens with zero attached hydrogens (tertiary/aromatic N) is 1. The summed E-state index contributed by atoms with van der Waals surface area (Å²) in [5.74, 6) is 0.942. The molecule has 0 N–H and O–H groups in total. The third-order valence-electron chi connectivity index (χ3n) is 6.55. The Kier molecular flexibility index (Phi) is 7.71. The van der Waals surface area contributed by atoms with E-state index in [2.05, 4.69) is 19.9 Å². The van der Waals surface area contributed by atoms with Crippen LogP contribution in [0, 0.1) is 11.7 Å². The highest BCUT2D eigenvalue weighted by atomic mass is 19.1. The van der Waals surface area contributed by atoms with Crippen molar-refractivity contribution in [3.8, 4) is 5.75 Å². The van der Waals surface area contributed by atoms with Crippen LogP contribution in [0.3, 0.4) is 0 Å². The number of para-hydroxylation sites is 1. The number of hydrogen-bond acceptors (Lipinski definition) is 3. The zero-order chi connectivity index (χ0) is 22.4. The fourth-order valence-corrected chi connectivity index (χ4v) is 4.60. The summed E-state index contributed by atoms with van der Waals surface area (Å²) in [6.07, 6.45) is 2.66. The first kappa shape index (κ1) is 23.3. The van der Waals surface area contributed by atoms with Crippen LogP contribution in [0.15, 0.2) is 48.5 Å². The number of hydrogen-bond donors (Lipinski definition) is 0. The predicted molar refractivity (Wildman–Crippen MR) is 121 cm³/mol. The van der Waals surface area contributed by atoms with Crippen molar-refractivity contribution in [2.45, 2.75) is 58.1 Å². The highest BCUT2D eigenvalue weighted by molar-refractivity contribution is 5.73. The molecule has 0 spiro atoms. The number of benzene rings is 2. The van der Waals surface area contributed by atoms with Crippen LogP contribution in [0.25, 0.3) is 0 Å². The monoisotopic (exact) mass is 427 g/mol. The molecule has 1 saturated heterocycles. The molecule has 4 nitrogen and oxygen atoms in total. The van der Waals surface area contributed by atoms with Gasteiger partial charge in [-0.3, -0.25) is 4.79 Å². The van der Waals surface area contributed by atoms with Crippen molar-refractivity contribution in [2.75, 3.05) is 20.3 Å². The maximum Gasteiger partial charge on any atom is 0.219 e. The molecule has 3 rings (SSSR count). The van der Waals surface area contributed by atoms with Crippen LogP contribution in [0.4, 0.5) is 4.39 Å². The molecule has 1 heterocycles. The molecule has 1 aliphatic rings. The van der Waals surface area contributed by atoms with Crippen LogP contribution in [0.5, 0.6) is 5.75 Å². The van der Waals surface area contributed by atoms with Gasteiger partial charge in [-0.1, -0.05) is 50.2 Å². The zero-order valence-electron chi connectivity index (χ0n) is 19.1. The summed E-state index contributed by atoms with van der Waals surface area (Å²) < 4.78 is 26.0. The lowest BCUT2D eigenvalue weighted by Crippen LogP contribution is -2.43. The van der Waals surface area contributed by atoms with E-state index < -0.39 is 0 Å². The van der Waals surface area contributed by atoms with E-state index in [-0.39, 0.29) is 29.8 Å². The minimum atomic E-state index is -0.279. The van der Waals surface area contributed by atoms with Gasteiger partial charge in [-0.25, -0.2) is 4.39 Å². The highest BCUT2D eigenvalue weighted by Crippen LogP contribution is 2.45. The molecule has 5 heteroatoms. The van der Waals surface area contributed by atoms with Gasteiger partial charge in [0.1, 0.15) is 11.6 Å². The summed E-state index contributed by atoms with van der Waals surface area (Å²) in [7, 11) is 1.70. The van der Waals surface area contributed by atoms with Gasteiger partial charge in [-0.15, -0.1) is 0 Å². The van der Waals surface area contributed by atoms with Gasteiger partial charge < -0.3 is 14.4 Å². The van der Waals surface area contributed by atoms with Gasteiger partial charge in [-0.05, 0) is 37.3 Å². The minimum absolute atomic E-state index is 0.0501. The van der Waals surface area contributed by atoms with Gasteiger partial charge in [0.25, 0.3) is 0 Å². The largest absolute Gasteiger partial charge is 0.496 e. The maximum absolute atomic E-state index is 14.2. The molecule has 31 heavy (non-hydrogen) atoms. The quantitative estimate of drug-likeness (QED) is 0.570. The average molecular weight is 428 g/mol. The lowest BCUT2D eigenvalue weighted by atomic mass is 9.68. The third-order valence-corrected chi connectivity index (χ3v) is 6.55. The summed E-state index contributed by atoms with van der Waals surface area (Å²) in [5, 5.41) is 0. The molecule has 0 saturated carbocycles. The Labute approximate surface area is 185 Å². The second-order valence-corrected chi connectivity index (χ2v) is 8.87. The van der Waals surface area contributed by atoms with Crippen molar-refractivity contribution >= 4 is 5.91 Å². The number of ether oxygens (including phenoxy) is 2. The number of halogens is 1. The van der Waals surface area contributed by atoms with Crippen LogP contribution >= 0.6 is 0 Å². The predicted octanol–water partition coefficient (Wildman–Crippen LogP) is 5.35. The van der Waals surface area contributed by atoms with E-state index in [1.807, 2.05) is 18.2 Å². The minimum Gasteiger partial charge on any atom is -0.496 e. The van der Waals surface area contributed by atoms with Crippen LogP contribution in [-0.4, -0.2) is 37.2 Å². The first-order valence-corrected chi connectivity index (χ1v) is 11.1. The molecule has 0 radical (unpaired) electrons. The molecular weight excluding hydrogens is 393 g/mol. The van der Waals surface area contributed by atoms with Crippen LogP contribution in [0.1, 0.15) is 51.2 Å². The van der Waals surface area contributed by atoms with E-state index in [0.29, 0.717) is 24.6 Å². The van der Waals surface area contributed by atoms with Gasteiger partial charge >= 0.3 is 0 Å². The fourth-order valence-electron chi connectivity index (χ4n) is 4.60.